The van der Waals surface area contributed by atoms with Gasteiger partial charge in [-0.3, -0.25) is 4.68 Å². The Morgan fingerprint density at radius 1 is 1.30 bits per heavy atom. The van der Waals surface area contributed by atoms with E-state index < -0.39 is 6.10 Å². The molecular weight excluding hydrogens is 572 g/mol. The fourth-order valence-electron chi connectivity index (χ4n) is 1.94. The van der Waals surface area contributed by atoms with Crippen molar-refractivity contribution in [3.63, 3.8) is 0 Å². The third kappa shape index (κ3) is 20.5. The van der Waals surface area contributed by atoms with Gasteiger partial charge >= 0.3 is 29.6 Å². The van der Waals surface area contributed by atoms with E-state index >= 15 is 0 Å². The van der Waals surface area contributed by atoms with Gasteiger partial charge in [0.15, 0.2) is 0 Å². The molecule has 3 atom stereocenters. The summed E-state index contributed by atoms with van der Waals surface area (Å²) in [4.78, 5) is 10.1. The van der Waals surface area contributed by atoms with Crippen LogP contribution in [0.1, 0.15) is 46.1 Å². The maximum Gasteiger partial charge on any atom is 1.00 e. The van der Waals surface area contributed by atoms with Gasteiger partial charge in [0.25, 0.3) is 0 Å². The standard InChI is InChI=1S/C10H6N3.C5H12O2.C5H9O2.B.Ir.Na/c11-8-9-2-4-10(5-3-9)13-7-1-6-12-13;2*1-4(6)3-5(2)7;;;/h1-4,6-7H;4-7H,3H2,1-2H3;4H,3H2,1-2H3;;;/q-1;;-1;;;+1. The number of nitriles is 1. The van der Waals surface area contributed by atoms with E-state index in [1.165, 1.54) is 13.8 Å². The summed E-state index contributed by atoms with van der Waals surface area (Å²) < 4.78 is 1.70. The number of Topliss-reactive ketones (excluding diaryl/α,β-unsaturated/α-hetero) is 1. The monoisotopic (exact) mass is 600 g/mol. The van der Waals surface area contributed by atoms with Crippen LogP contribution in [0.3, 0.4) is 0 Å². The van der Waals surface area contributed by atoms with Crippen LogP contribution in [0.25, 0.3) is 5.69 Å². The van der Waals surface area contributed by atoms with E-state index in [0.29, 0.717) is 12.0 Å². The Labute approximate surface area is 216 Å². The van der Waals surface area contributed by atoms with E-state index in [1.54, 1.807) is 36.9 Å². The summed E-state index contributed by atoms with van der Waals surface area (Å²) in [5, 5.41) is 39.9. The Hall–Kier alpha value is -0.816. The first kappa shape index (κ1) is 36.6. The number of benzene rings is 1. The van der Waals surface area contributed by atoms with Crippen LogP contribution in [0.5, 0.6) is 0 Å². The van der Waals surface area contributed by atoms with Gasteiger partial charge in [-0.15, -0.1) is 12.2 Å². The van der Waals surface area contributed by atoms with E-state index in [2.05, 4.69) is 11.2 Å². The molecule has 7 nitrogen and oxygen atoms in total. The molecule has 10 heteroatoms. The predicted octanol–water partition coefficient (Wildman–Crippen LogP) is -1.98. The molecule has 30 heavy (non-hydrogen) atoms. The Morgan fingerprint density at radius 2 is 1.87 bits per heavy atom. The zero-order valence-electron chi connectivity index (χ0n) is 18.1. The van der Waals surface area contributed by atoms with E-state index in [-0.39, 0.29) is 82.5 Å². The van der Waals surface area contributed by atoms with Crippen LogP contribution in [0, 0.1) is 17.4 Å². The van der Waals surface area contributed by atoms with Crippen LogP contribution >= 0.6 is 0 Å². The van der Waals surface area contributed by atoms with Gasteiger partial charge in [-0.05, 0) is 45.4 Å². The minimum atomic E-state index is -0.725. The fraction of sp³-hybridized carbons (Fsp3) is 0.450. The van der Waals surface area contributed by atoms with Gasteiger partial charge < -0.3 is 20.1 Å². The van der Waals surface area contributed by atoms with Crippen molar-refractivity contribution in [3.05, 3.63) is 48.3 Å². The van der Waals surface area contributed by atoms with Crippen molar-refractivity contribution in [2.45, 2.75) is 58.8 Å². The molecule has 4 radical (unpaired) electrons. The Kier molecular flexibility index (Phi) is 26.1. The Bertz CT molecular complexity index is 685. The molecule has 0 aliphatic heterocycles. The summed E-state index contributed by atoms with van der Waals surface area (Å²) in [5.74, 6) is -0.0255. The molecule has 3 unspecified atom stereocenters. The number of carbonyl (C=O) groups is 1. The number of aromatic nitrogens is 2. The average molecular weight is 599 g/mol. The van der Waals surface area contributed by atoms with Crippen LogP contribution in [-0.2, 0) is 24.9 Å². The van der Waals surface area contributed by atoms with Gasteiger partial charge in [0.05, 0.1) is 12.2 Å². The van der Waals surface area contributed by atoms with E-state index in [4.69, 9.17) is 15.5 Å². The van der Waals surface area contributed by atoms with Crippen LogP contribution in [0.2, 0.25) is 0 Å². The molecule has 0 aliphatic carbocycles. The average Bonchev–Trinajstić information content (AvgIpc) is 3.08. The molecule has 0 fully saturated rings. The largest absolute Gasteiger partial charge is 1.00 e. The van der Waals surface area contributed by atoms with Gasteiger partial charge in [-0.1, -0.05) is 12.5 Å². The Balaban J connectivity index is -0.000000175. The van der Waals surface area contributed by atoms with E-state index in [9.17, 15) is 9.90 Å². The predicted molar refractivity (Wildman–Crippen MR) is 106 cm³/mol. The fourth-order valence-corrected chi connectivity index (χ4v) is 1.94. The summed E-state index contributed by atoms with van der Waals surface area (Å²) >= 11 is 0. The van der Waals surface area contributed by atoms with Crippen molar-refractivity contribution >= 4 is 14.2 Å². The summed E-state index contributed by atoms with van der Waals surface area (Å²) in [7, 11) is 0. The summed E-state index contributed by atoms with van der Waals surface area (Å²) in [5.41, 5.74) is 1.44. The number of hydrogen-bond acceptors (Lipinski definition) is 6. The van der Waals surface area contributed by atoms with Crippen molar-refractivity contribution in [1.82, 2.24) is 9.78 Å². The SMILES string of the molecule is CC(=O)CC(C)[O-].CC(O)CC(C)O.N#Cc1c[c-]c(-n2cccn2)cc1.[B].[Ir].[Na+]. The van der Waals surface area contributed by atoms with Crippen LogP contribution < -0.4 is 34.7 Å². The number of aliphatic hydroxyl groups excluding tert-OH is 2. The zero-order valence-corrected chi connectivity index (χ0v) is 22.5. The smallest absolute Gasteiger partial charge is 0.852 e. The number of ketones is 1. The molecule has 0 aliphatic rings. The molecule has 0 saturated carbocycles. The minimum absolute atomic E-state index is 0. The molecular formula is C20H27BIrN3NaO4-. The molecule has 2 rings (SSSR count). The van der Waals surface area contributed by atoms with Crippen molar-refractivity contribution in [2.24, 2.45) is 0 Å². The molecule has 2 N–H and O–H groups in total. The first-order valence-electron chi connectivity index (χ1n) is 8.58. The van der Waals surface area contributed by atoms with Crippen molar-refractivity contribution in [3.8, 4) is 11.8 Å². The normalized spacial score (nSPS) is 11.7. The van der Waals surface area contributed by atoms with E-state index in [1.807, 2.05) is 24.4 Å². The molecule has 2 aromatic rings. The minimum Gasteiger partial charge on any atom is -0.852 e. The second-order valence-corrected chi connectivity index (χ2v) is 6.18. The summed E-state index contributed by atoms with van der Waals surface area (Å²) in [6.07, 6.45) is 2.70. The third-order valence-electron chi connectivity index (χ3n) is 2.93. The number of rotatable bonds is 5. The topological polar surface area (TPSA) is 122 Å². The molecule has 0 saturated heterocycles. The van der Waals surface area contributed by atoms with Crippen LogP contribution in [0.15, 0.2) is 36.7 Å². The van der Waals surface area contributed by atoms with Crippen LogP contribution in [0.4, 0.5) is 0 Å². The Morgan fingerprint density at radius 3 is 2.10 bits per heavy atom. The first-order valence-corrected chi connectivity index (χ1v) is 8.58. The second kappa shape index (κ2) is 21.4. The molecule has 1 heterocycles. The number of nitrogens with zero attached hydrogens (tertiary/aromatic N) is 3. The van der Waals surface area contributed by atoms with Gasteiger partial charge in [-0.2, -0.15) is 23.3 Å². The summed E-state index contributed by atoms with van der Waals surface area (Å²) in [6, 6.07) is 12.1. The molecule has 0 bridgehead atoms. The van der Waals surface area contributed by atoms with E-state index in [0.717, 1.165) is 5.69 Å². The molecule has 1 aromatic heterocycles. The third-order valence-corrected chi connectivity index (χ3v) is 2.93. The number of aliphatic hydroxyl groups is 2. The van der Waals surface area contributed by atoms with Crippen molar-refractivity contribution in [2.75, 3.05) is 0 Å². The number of carbonyl (C=O) groups excluding carboxylic acids is 1. The summed E-state index contributed by atoms with van der Waals surface area (Å²) in [6.45, 7) is 6.23. The zero-order chi connectivity index (χ0) is 20.8. The number of hydrogen-bond donors (Lipinski definition) is 2. The second-order valence-electron chi connectivity index (χ2n) is 6.18. The van der Waals surface area contributed by atoms with Gasteiger partial charge in [-0.25, -0.2) is 5.26 Å². The molecule has 1 aromatic carbocycles. The van der Waals surface area contributed by atoms with Gasteiger partial charge in [0.1, 0.15) is 5.78 Å². The van der Waals surface area contributed by atoms with Crippen molar-refractivity contribution in [1.29, 1.82) is 5.26 Å². The quantitative estimate of drug-likeness (QED) is 0.304. The van der Waals surface area contributed by atoms with Crippen molar-refractivity contribution < 1.29 is 69.8 Å². The molecule has 0 amide bonds. The molecule has 0 spiro atoms. The molecule has 160 valence electrons. The maximum absolute atomic E-state index is 10.1. The first-order chi connectivity index (χ1) is 12.6. The van der Waals surface area contributed by atoms with Crippen LogP contribution in [-0.4, -0.2) is 52.5 Å². The maximum atomic E-state index is 10.1. The van der Waals surface area contributed by atoms with Gasteiger partial charge in [0.2, 0.25) is 0 Å². The van der Waals surface area contributed by atoms with Gasteiger partial charge in [0, 0.05) is 47.0 Å².